The third-order valence-electron chi connectivity index (χ3n) is 2.45. The molecule has 18 heavy (non-hydrogen) atoms. The number of hydrogen-bond donors (Lipinski definition) is 0. The highest BCUT2D eigenvalue weighted by Gasteiger charge is 2.19. The van der Waals surface area contributed by atoms with Crippen molar-refractivity contribution in [3.05, 3.63) is 35.0 Å². The molecule has 0 aliphatic rings. The number of rotatable bonds is 1. The summed E-state index contributed by atoms with van der Waals surface area (Å²) in [5.41, 5.74) is 0.412. The standard InChI is InChI=1S/C11H4ClF3N2O/c12-9-8-7(16-11(17-9)10(14)15)5-2-1-4(13)3-6(5)18-8/h1-3,10H. The molecule has 0 fully saturated rings. The van der Waals surface area contributed by atoms with Gasteiger partial charge >= 0.3 is 0 Å². The molecule has 0 N–H and O–H groups in total. The van der Waals surface area contributed by atoms with Crippen molar-refractivity contribution in [1.82, 2.24) is 9.97 Å². The molecule has 0 atom stereocenters. The predicted molar refractivity (Wildman–Crippen MR) is 59.2 cm³/mol. The highest BCUT2D eigenvalue weighted by atomic mass is 35.5. The highest BCUT2D eigenvalue weighted by molar-refractivity contribution is 6.34. The van der Waals surface area contributed by atoms with E-state index in [-0.39, 0.29) is 21.8 Å². The summed E-state index contributed by atoms with van der Waals surface area (Å²) in [5, 5.41) is 0.199. The molecule has 3 rings (SSSR count). The van der Waals surface area contributed by atoms with Crippen molar-refractivity contribution in [3.8, 4) is 0 Å². The van der Waals surface area contributed by atoms with Crippen LogP contribution in [-0.4, -0.2) is 9.97 Å². The second-order valence-corrected chi connectivity index (χ2v) is 3.95. The largest absolute Gasteiger partial charge is 0.451 e. The Hall–Kier alpha value is -1.82. The summed E-state index contributed by atoms with van der Waals surface area (Å²) in [5.74, 6) is -1.18. The number of halogens is 4. The van der Waals surface area contributed by atoms with Crippen molar-refractivity contribution in [2.75, 3.05) is 0 Å². The van der Waals surface area contributed by atoms with Crippen molar-refractivity contribution in [1.29, 1.82) is 0 Å². The van der Waals surface area contributed by atoms with Crippen molar-refractivity contribution in [2.45, 2.75) is 6.43 Å². The average Bonchev–Trinajstić information content (AvgIpc) is 2.67. The van der Waals surface area contributed by atoms with E-state index in [9.17, 15) is 13.2 Å². The first-order valence-corrected chi connectivity index (χ1v) is 5.27. The number of nitrogens with zero attached hydrogens (tertiary/aromatic N) is 2. The number of aromatic nitrogens is 2. The van der Waals surface area contributed by atoms with Crippen LogP contribution in [-0.2, 0) is 0 Å². The predicted octanol–water partition coefficient (Wildman–Crippen LogP) is 4.11. The molecule has 7 heteroatoms. The second-order valence-electron chi connectivity index (χ2n) is 3.59. The van der Waals surface area contributed by atoms with Crippen LogP contribution in [0, 0.1) is 5.82 Å². The van der Waals surface area contributed by atoms with Crippen LogP contribution in [0.1, 0.15) is 12.2 Å². The number of fused-ring (bicyclic) bond motifs is 3. The molecule has 0 aliphatic heterocycles. The minimum absolute atomic E-state index is 0.0710. The molecule has 0 saturated carbocycles. The molecule has 0 bridgehead atoms. The van der Waals surface area contributed by atoms with Gasteiger partial charge in [-0.05, 0) is 12.1 Å². The lowest BCUT2D eigenvalue weighted by atomic mass is 10.2. The van der Waals surface area contributed by atoms with E-state index < -0.39 is 18.1 Å². The van der Waals surface area contributed by atoms with E-state index in [4.69, 9.17) is 16.0 Å². The molecule has 92 valence electrons. The van der Waals surface area contributed by atoms with Crippen molar-refractivity contribution in [2.24, 2.45) is 0 Å². The summed E-state index contributed by atoms with van der Waals surface area (Å²) in [6.07, 6.45) is -2.84. The van der Waals surface area contributed by atoms with E-state index in [1.165, 1.54) is 12.1 Å². The van der Waals surface area contributed by atoms with E-state index in [2.05, 4.69) is 9.97 Å². The zero-order valence-electron chi connectivity index (χ0n) is 8.62. The summed E-state index contributed by atoms with van der Waals surface area (Å²) >= 11 is 5.75. The van der Waals surface area contributed by atoms with Crippen molar-refractivity contribution >= 4 is 33.7 Å². The Morgan fingerprint density at radius 1 is 1.22 bits per heavy atom. The Balaban J connectivity index is 2.44. The fourth-order valence-corrected chi connectivity index (χ4v) is 1.91. The smallest absolute Gasteiger partial charge is 0.297 e. The molecule has 0 aliphatic carbocycles. The Kier molecular flexibility index (Phi) is 2.41. The number of hydrogen-bond acceptors (Lipinski definition) is 3. The molecular weight excluding hydrogens is 269 g/mol. The first-order valence-electron chi connectivity index (χ1n) is 4.89. The van der Waals surface area contributed by atoms with E-state index >= 15 is 0 Å². The molecule has 0 saturated heterocycles. The van der Waals surface area contributed by atoms with Gasteiger partial charge in [-0.15, -0.1) is 0 Å². The summed E-state index contributed by atoms with van der Waals surface area (Å²) < 4.78 is 43.4. The molecular formula is C11H4ClF3N2O. The molecule has 0 radical (unpaired) electrons. The minimum Gasteiger partial charge on any atom is -0.451 e. The molecule has 2 heterocycles. The quantitative estimate of drug-likeness (QED) is 0.626. The normalized spacial score (nSPS) is 11.8. The molecule has 0 spiro atoms. The van der Waals surface area contributed by atoms with E-state index in [1.807, 2.05) is 0 Å². The average molecular weight is 273 g/mol. The van der Waals surface area contributed by atoms with E-state index in [0.29, 0.717) is 5.39 Å². The molecule has 1 aromatic carbocycles. The first-order chi connectivity index (χ1) is 8.56. The molecule has 3 nitrogen and oxygen atoms in total. The second kappa shape index (κ2) is 3.84. The van der Waals surface area contributed by atoms with Crippen molar-refractivity contribution < 1.29 is 17.6 Å². The fraction of sp³-hybridized carbons (Fsp3) is 0.0909. The molecule has 2 aromatic heterocycles. The topological polar surface area (TPSA) is 38.9 Å². The Morgan fingerprint density at radius 2 is 2.00 bits per heavy atom. The van der Waals surface area contributed by atoms with E-state index in [0.717, 1.165) is 6.07 Å². The van der Waals surface area contributed by atoms with Gasteiger partial charge in [-0.2, -0.15) is 0 Å². The van der Waals surface area contributed by atoms with Gasteiger partial charge in [0, 0.05) is 11.5 Å². The van der Waals surface area contributed by atoms with Gasteiger partial charge in [-0.1, -0.05) is 11.6 Å². The summed E-state index contributed by atoms with van der Waals surface area (Å²) in [4.78, 5) is 7.13. The Bertz CT molecular complexity index is 757. The number of furan rings is 1. The Labute approximate surface area is 103 Å². The third kappa shape index (κ3) is 1.60. The maximum atomic E-state index is 13.0. The van der Waals surface area contributed by atoms with Gasteiger partial charge < -0.3 is 4.42 Å². The van der Waals surface area contributed by atoms with Crippen LogP contribution in [0.5, 0.6) is 0 Å². The first kappa shape index (κ1) is 11.3. The number of benzene rings is 1. The van der Waals surface area contributed by atoms with Gasteiger partial charge in [0.05, 0.1) is 0 Å². The summed E-state index contributed by atoms with van der Waals surface area (Å²) in [6.45, 7) is 0. The van der Waals surface area contributed by atoms with Crippen LogP contribution in [0.2, 0.25) is 5.15 Å². The molecule has 3 aromatic rings. The van der Waals surface area contributed by atoms with Crippen molar-refractivity contribution in [3.63, 3.8) is 0 Å². The lowest BCUT2D eigenvalue weighted by molar-refractivity contribution is 0.141. The van der Waals surface area contributed by atoms with E-state index in [1.54, 1.807) is 0 Å². The van der Waals surface area contributed by atoms with Gasteiger partial charge in [0.2, 0.25) is 0 Å². The minimum atomic E-state index is -2.84. The molecule has 0 amide bonds. The van der Waals surface area contributed by atoms with Crippen LogP contribution in [0.15, 0.2) is 22.6 Å². The maximum absolute atomic E-state index is 13.0. The zero-order valence-corrected chi connectivity index (χ0v) is 9.38. The lowest BCUT2D eigenvalue weighted by Crippen LogP contribution is -1.95. The Morgan fingerprint density at radius 3 is 2.72 bits per heavy atom. The van der Waals surface area contributed by atoms with Crippen LogP contribution >= 0.6 is 11.6 Å². The summed E-state index contributed by atoms with van der Waals surface area (Å²) in [7, 11) is 0. The van der Waals surface area contributed by atoms with Gasteiger partial charge in [0.1, 0.15) is 16.9 Å². The highest BCUT2D eigenvalue weighted by Crippen LogP contribution is 2.32. The zero-order chi connectivity index (χ0) is 12.9. The number of alkyl halides is 2. The SMILES string of the molecule is Fc1ccc2c(c1)oc1c(Cl)nc(C(F)F)nc12. The van der Waals surface area contributed by atoms with Gasteiger partial charge in [0.25, 0.3) is 6.43 Å². The lowest BCUT2D eigenvalue weighted by Gasteiger charge is -1.98. The fourth-order valence-electron chi connectivity index (χ4n) is 1.70. The maximum Gasteiger partial charge on any atom is 0.297 e. The van der Waals surface area contributed by atoms with Gasteiger partial charge in [-0.3, -0.25) is 0 Å². The van der Waals surface area contributed by atoms with Gasteiger partial charge in [0.15, 0.2) is 16.6 Å². The van der Waals surface area contributed by atoms with Crippen LogP contribution in [0.4, 0.5) is 13.2 Å². The third-order valence-corrected chi connectivity index (χ3v) is 2.70. The van der Waals surface area contributed by atoms with Crippen LogP contribution in [0.3, 0.4) is 0 Å². The van der Waals surface area contributed by atoms with Gasteiger partial charge in [-0.25, -0.2) is 23.1 Å². The van der Waals surface area contributed by atoms with Crippen LogP contribution < -0.4 is 0 Å². The molecule has 0 unspecified atom stereocenters. The summed E-state index contributed by atoms with van der Waals surface area (Å²) in [6, 6.07) is 3.72. The van der Waals surface area contributed by atoms with Crippen LogP contribution in [0.25, 0.3) is 22.1 Å². The monoisotopic (exact) mass is 272 g/mol.